The zero-order valence-electron chi connectivity index (χ0n) is 24.4. The summed E-state index contributed by atoms with van der Waals surface area (Å²) < 4.78 is 41.0. The molecule has 244 valence electrons. The second kappa shape index (κ2) is 13.8. The summed E-state index contributed by atoms with van der Waals surface area (Å²) in [6, 6.07) is 8.90. The molecule has 2 saturated heterocycles. The van der Waals surface area contributed by atoms with Gasteiger partial charge in [0.25, 0.3) is 0 Å². The lowest BCUT2D eigenvalue weighted by Gasteiger charge is -2.41. The largest absolute Gasteiger partial charge is 0.504 e. The van der Waals surface area contributed by atoms with Gasteiger partial charge in [-0.3, -0.25) is 4.79 Å². The molecule has 14 heteroatoms. The highest BCUT2D eigenvalue weighted by Crippen LogP contribution is 2.34. The Balaban J connectivity index is 1.18. The average molecular weight is 634 g/mol. The minimum absolute atomic E-state index is 0.0116. The van der Waals surface area contributed by atoms with Crippen LogP contribution in [0.2, 0.25) is 0 Å². The molecule has 0 radical (unpaired) electrons. The van der Waals surface area contributed by atoms with E-state index in [0.717, 1.165) is 0 Å². The van der Waals surface area contributed by atoms with Crippen LogP contribution in [-0.2, 0) is 19.0 Å². The summed E-state index contributed by atoms with van der Waals surface area (Å²) in [7, 11) is 0. The van der Waals surface area contributed by atoms with Crippen molar-refractivity contribution < 1.29 is 63.5 Å². The van der Waals surface area contributed by atoms with Crippen molar-refractivity contribution in [2.45, 2.75) is 75.0 Å². The number of ether oxygens (including phenoxy) is 5. The van der Waals surface area contributed by atoms with E-state index in [1.165, 1.54) is 49.4 Å². The molecule has 45 heavy (non-hydrogen) atoms. The minimum atomic E-state index is -1.50. The summed E-state index contributed by atoms with van der Waals surface area (Å²) in [6.07, 6.45) is -8.13. The number of aromatic hydroxyl groups is 1. The lowest BCUT2D eigenvalue weighted by Crippen LogP contribution is -2.67. The Morgan fingerprint density at radius 3 is 2.38 bits per heavy atom. The molecule has 2 heterocycles. The van der Waals surface area contributed by atoms with Gasteiger partial charge in [0, 0.05) is 5.57 Å². The Bertz CT molecular complexity index is 1440. The van der Waals surface area contributed by atoms with Crippen molar-refractivity contribution in [3.63, 3.8) is 0 Å². The molecule has 0 aromatic heterocycles. The monoisotopic (exact) mass is 633 g/mol. The molecule has 2 aromatic carbocycles. The van der Waals surface area contributed by atoms with Crippen molar-refractivity contribution in [2.24, 2.45) is 0 Å². The van der Waals surface area contributed by atoms with Gasteiger partial charge in [0.05, 0.1) is 6.04 Å². The van der Waals surface area contributed by atoms with Gasteiger partial charge < -0.3 is 59.6 Å². The van der Waals surface area contributed by atoms with Crippen LogP contribution in [0.5, 0.6) is 17.2 Å². The fourth-order valence-corrected chi connectivity index (χ4v) is 5.45. The van der Waals surface area contributed by atoms with E-state index in [9.17, 15) is 39.8 Å². The van der Waals surface area contributed by atoms with Gasteiger partial charge in [0.1, 0.15) is 62.2 Å². The maximum Gasteiger partial charge on any atom is 0.247 e. The fraction of sp³-hybridized carbons (Fsp3) is 0.452. The number of phenols is 1. The van der Waals surface area contributed by atoms with Gasteiger partial charge in [-0.25, -0.2) is 4.39 Å². The van der Waals surface area contributed by atoms with Crippen LogP contribution in [0, 0.1) is 5.82 Å². The van der Waals surface area contributed by atoms with Crippen LogP contribution < -0.4 is 14.8 Å². The van der Waals surface area contributed by atoms with Crippen LogP contribution >= 0.6 is 0 Å². The number of aliphatic hydroxyl groups excluding tert-OH is 5. The van der Waals surface area contributed by atoms with Crippen molar-refractivity contribution in [3.05, 3.63) is 71.1 Å². The average Bonchev–Trinajstić information content (AvgIpc) is 3.62. The van der Waals surface area contributed by atoms with Gasteiger partial charge in [-0.15, -0.1) is 0 Å². The number of rotatable bonds is 9. The number of aliphatic hydroxyl groups is 5. The van der Waals surface area contributed by atoms with Gasteiger partial charge in [0.15, 0.2) is 23.1 Å². The zero-order chi connectivity index (χ0) is 32.4. The number of carbonyl (C=O) groups excluding carboxylic acids is 1. The molecular formula is C31H36FNO12. The predicted molar refractivity (Wildman–Crippen MR) is 153 cm³/mol. The molecule has 2 aromatic rings. The van der Waals surface area contributed by atoms with Crippen LogP contribution in [0.15, 0.2) is 59.7 Å². The lowest BCUT2D eigenvalue weighted by molar-refractivity contribution is -0.155. The Kier molecular flexibility index (Phi) is 10.1. The maximum atomic E-state index is 13.8. The number of fused-ring (bicyclic) bond motifs is 1. The van der Waals surface area contributed by atoms with Crippen molar-refractivity contribution in [3.8, 4) is 17.2 Å². The Labute approximate surface area is 257 Å². The highest BCUT2D eigenvalue weighted by Gasteiger charge is 2.53. The number of hydrogen-bond donors (Lipinski definition) is 7. The second-order valence-corrected chi connectivity index (χ2v) is 11.1. The van der Waals surface area contributed by atoms with Crippen molar-refractivity contribution in [1.29, 1.82) is 0 Å². The molecule has 1 saturated carbocycles. The van der Waals surface area contributed by atoms with E-state index in [1.54, 1.807) is 19.1 Å². The van der Waals surface area contributed by atoms with Gasteiger partial charge in [-0.05, 0) is 61.4 Å². The van der Waals surface area contributed by atoms with E-state index in [4.69, 9.17) is 23.7 Å². The predicted octanol–water partition coefficient (Wildman–Crippen LogP) is 0.108. The third-order valence-corrected chi connectivity index (χ3v) is 8.02. The summed E-state index contributed by atoms with van der Waals surface area (Å²) in [5.41, 5.74) is 1.06. The first-order valence-corrected chi connectivity index (χ1v) is 14.3. The first-order valence-electron chi connectivity index (χ1n) is 14.3. The highest BCUT2D eigenvalue weighted by molar-refractivity contribution is 5.97. The molecule has 3 aliphatic rings. The summed E-state index contributed by atoms with van der Waals surface area (Å²) in [4.78, 5) is 12.9. The van der Waals surface area contributed by atoms with Crippen molar-refractivity contribution in [1.82, 2.24) is 5.32 Å². The number of amides is 1. The normalized spacial score (nSPS) is 33.5. The number of para-hydroxylation sites is 1. The van der Waals surface area contributed by atoms with E-state index in [0.29, 0.717) is 11.1 Å². The molecule has 13 nitrogen and oxygen atoms in total. The third-order valence-electron chi connectivity index (χ3n) is 8.02. The van der Waals surface area contributed by atoms with Crippen molar-refractivity contribution >= 4 is 12.0 Å². The molecule has 10 atom stereocenters. The molecule has 0 bridgehead atoms. The third kappa shape index (κ3) is 6.98. The van der Waals surface area contributed by atoms with Gasteiger partial charge in [-0.2, -0.15) is 0 Å². The maximum absolute atomic E-state index is 13.8. The van der Waals surface area contributed by atoms with E-state index < -0.39 is 72.9 Å². The smallest absolute Gasteiger partial charge is 0.247 e. The molecule has 1 aliphatic carbocycles. The van der Waals surface area contributed by atoms with Gasteiger partial charge in [-0.1, -0.05) is 18.2 Å². The van der Waals surface area contributed by atoms with E-state index in [1.807, 2.05) is 0 Å². The van der Waals surface area contributed by atoms with Crippen LogP contribution in [0.1, 0.15) is 19.4 Å². The number of nitrogens with one attached hydrogen (secondary N) is 1. The van der Waals surface area contributed by atoms with Crippen LogP contribution in [0.25, 0.3) is 6.08 Å². The summed E-state index contributed by atoms with van der Waals surface area (Å²) in [5.74, 6) is -1.51. The van der Waals surface area contributed by atoms with E-state index >= 15 is 0 Å². The summed E-state index contributed by atoms with van der Waals surface area (Å²) in [6.45, 7) is 2.96. The number of benzene rings is 2. The standard InChI is InChI=1S/C31H36FNO12/c1-14(9-10-41-19-6-4-3-5-17(19)32)27-25(38)26(39)31(45-27)44-20-8-7-16(12-18(20)34)11-15(2)30(40)33-21-22(35)24(37)29-28(23(21)36)42-13-43-29/h3-9,11-12,21-29,31,34-39H,10,13H2,1-2H3,(H,33,40)/t21-,22+,23-,24+,25+,26+,27-,28+,29-,31-/m1/s1. The van der Waals surface area contributed by atoms with Gasteiger partial charge in [0.2, 0.25) is 12.2 Å². The first kappa shape index (κ1) is 32.8. The van der Waals surface area contributed by atoms with Crippen LogP contribution in [0.3, 0.4) is 0 Å². The fourth-order valence-electron chi connectivity index (χ4n) is 5.45. The molecule has 1 amide bonds. The number of halogens is 1. The molecule has 0 unspecified atom stereocenters. The SMILES string of the molecule is CC(=Cc1ccc(O[C@@H]2O[C@H](C(C)=CCOc3ccccc3F)[C@@H](O)[C@@H]2O)c(O)c1)C(=O)N[C@@H]1[C@H](O)[C@H](O)[C@H]2OCO[C@H]2[C@@H]1O. The molecular weight excluding hydrogens is 597 g/mol. The quantitative estimate of drug-likeness (QED) is 0.146. The minimum Gasteiger partial charge on any atom is -0.504 e. The van der Waals surface area contributed by atoms with Gasteiger partial charge >= 0.3 is 0 Å². The number of phenolic OH excluding ortho intramolecular Hbond substituents is 1. The summed E-state index contributed by atoms with van der Waals surface area (Å²) >= 11 is 0. The zero-order valence-corrected chi connectivity index (χ0v) is 24.4. The summed E-state index contributed by atoms with van der Waals surface area (Å²) in [5, 5.41) is 65.5. The second-order valence-electron chi connectivity index (χ2n) is 11.1. The highest BCUT2D eigenvalue weighted by atomic mass is 19.1. The number of hydrogen-bond acceptors (Lipinski definition) is 12. The van der Waals surface area contributed by atoms with Crippen LogP contribution in [0.4, 0.5) is 4.39 Å². The number of carbonyl (C=O) groups is 1. The van der Waals surface area contributed by atoms with E-state index in [-0.39, 0.29) is 36.2 Å². The van der Waals surface area contributed by atoms with Crippen molar-refractivity contribution in [2.75, 3.05) is 13.4 Å². The van der Waals surface area contributed by atoms with Crippen LogP contribution in [-0.4, -0.2) is 111 Å². The molecule has 2 aliphatic heterocycles. The van der Waals surface area contributed by atoms with E-state index in [2.05, 4.69) is 5.32 Å². The molecule has 3 fully saturated rings. The topological polar surface area (TPSA) is 197 Å². The Morgan fingerprint density at radius 1 is 0.956 bits per heavy atom. The Hall–Kier alpha value is -3.60. The first-order chi connectivity index (χ1) is 21.5. The molecule has 0 spiro atoms. The lowest BCUT2D eigenvalue weighted by atomic mass is 9.83. The Morgan fingerprint density at radius 2 is 1.67 bits per heavy atom. The molecule has 7 N–H and O–H groups in total. The molecule has 5 rings (SSSR count).